The molecule has 0 spiro atoms. The maximum Gasteiger partial charge on any atom is 0.245 e. The van der Waals surface area contributed by atoms with Crippen LogP contribution in [-0.2, 0) is 16.1 Å². The normalized spacial score (nSPS) is 23.4. The number of hydrogen-bond donors (Lipinski definition) is 1. The largest absolute Gasteiger partial charge is 0.404 e. The molecule has 0 bridgehead atoms. The Morgan fingerprint density at radius 2 is 1.94 bits per heavy atom. The summed E-state index contributed by atoms with van der Waals surface area (Å²) < 4.78 is 1.50. The lowest BCUT2D eigenvalue weighted by Crippen LogP contribution is -2.48. The van der Waals surface area contributed by atoms with Gasteiger partial charge in [-0.2, -0.15) is 5.10 Å². The SMILES string of the molecule is BNC(=O)C1C2CC2(C)CN1C(=O)Cn1nc(C(C)=O)c2cc(-c3cnc(C)nc3)ncc21. The molecule has 3 aromatic rings. The minimum atomic E-state index is -0.465. The summed E-state index contributed by atoms with van der Waals surface area (Å²) in [6.45, 7) is 5.82. The van der Waals surface area contributed by atoms with Gasteiger partial charge >= 0.3 is 0 Å². The van der Waals surface area contributed by atoms with Crippen molar-refractivity contribution in [3.63, 3.8) is 0 Å². The summed E-state index contributed by atoms with van der Waals surface area (Å²) >= 11 is 0. The van der Waals surface area contributed by atoms with Crippen molar-refractivity contribution < 1.29 is 14.4 Å². The van der Waals surface area contributed by atoms with E-state index in [1.807, 2.05) is 0 Å². The number of pyridine rings is 1. The van der Waals surface area contributed by atoms with Crippen LogP contribution in [0.15, 0.2) is 24.7 Å². The zero-order chi connectivity index (χ0) is 23.5. The molecule has 3 unspecified atom stereocenters. The minimum absolute atomic E-state index is 0.00384. The van der Waals surface area contributed by atoms with Crippen LogP contribution >= 0.6 is 0 Å². The van der Waals surface area contributed by atoms with Gasteiger partial charge in [0, 0.05) is 36.8 Å². The van der Waals surface area contributed by atoms with Crippen molar-refractivity contribution in [1.82, 2.24) is 34.9 Å². The van der Waals surface area contributed by atoms with E-state index in [9.17, 15) is 14.4 Å². The molecule has 0 radical (unpaired) electrons. The number of nitrogens with one attached hydrogen (secondary N) is 1. The van der Waals surface area contributed by atoms with Crippen molar-refractivity contribution in [2.75, 3.05) is 6.54 Å². The summed E-state index contributed by atoms with van der Waals surface area (Å²) in [6, 6.07) is 1.31. The highest BCUT2D eigenvalue weighted by Crippen LogP contribution is 2.60. The van der Waals surface area contributed by atoms with Gasteiger partial charge in [-0.05, 0) is 30.7 Å². The second-order valence-corrected chi connectivity index (χ2v) is 9.21. The fourth-order valence-electron chi connectivity index (χ4n) is 4.89. The molecule has 5 rings (SSSR count). The minimum Gasteiger partial charge on any atom is -0.404 e. The molecule has 2 amide bonds. The number of ketones is 1. The molecule has 0 aromatic carbocycles. The molecule has 1 saturated heterocycles. The first kappa shape index (κ1) is 21.2. The van der Waals surface area contributed by atoms with Gasteiger partial charge in [-0.25, -0.2) is 9.97 Å². The second kappa shape index (κ2) is 7.46. The third-order valence-corrected chi connectivity index (χ3v) is 6.84. The summed E-state index contributed by atoms with van der Waals surface area (Å²) in [4.78, 5) is 52.6. The number of nitrogens with zero attached hydrogens (tertiary/aromatic N) is 6. The van der Waals surface area contributed by atoms with E-state index in [0.29, 0.717) is 29.0 Å². The number of hydrogen-bond acceptors (Lipinski definition) is 7. The fraction of sp³-hybridized carbons (Fsp3) is 0.409. The molecule has 1 N–H and O–H groups in total. The first-order valence-electron chi connectivity index (χ1n) is 10.9. The van der Waals surface area contributed by atoms with Crippen LogP contribution in [0.5, 0.6) is 0 Å². The lowest BCUT2D eigenvalue weighted by molar-refractivity contribution is -0.139. The van der Waals surface area contributed by atoms with Crippen LogP contribution in [0, 0.1) is 18.3 Å². The first-order chi connectivity index (χ1) is 15.7. The van der Waals surface area contributed by atoms with Crippen LogP contribution in [0.3, 0.4) is 0 Å². The van der Waals surface area contributed by atoms with Crippen LogP contribution in [-0.4, -0.2) is 67.8 Å². The van der Waals surface area contributed by atoms with Crippen LogP contribution < -0.4 is 5.23 Å². The molecule has 11 heteroatoms. The number of carbonyl (C=O) groups is 3. The Labute approximate surface area is 191 Å². The third kappa shape index (κ3) is 3.47. The van der Waals surface area contributed by atoms with Crippen molar-refractivity contribution in [3.8, 4) is 11.3 Å². The lowest BCUT2D eigenvalue weighted by atomic mass is 10.1. The average Bonchev–Trinajstić information content (AvgIpc) is 3.17. The number of aryl methyl sites for hydroxylation is 1. The zero-order valence-electron chi connectivity index (χ0n) is 19.0. The Morgan fingerprint density at radius 3 is 2.61 bits per heavy atom. The van der Waals surface area contributed by atoms with E-state index in [0.717, 1.165) is 12.0 Å². The van der Waals surface area contributed by atoms with Gasteiger partial charge in [0.25, 0.3) is 0 Å². The van der Waals surface area contributed by atoms with Gasteiger partial charge in [0.15, 0.2) is 5.78 Å². The molecule has 10 nitrogen and oxygen atoms in total. The average molecular weight is 445 g/mol. The van der Waals surface area contributed by atoms with Gasteiger partial charge in [-0.3, -0.25) is 24.0 Å². The Morgan fingerprint density at radius 1 is 1.21 bits per heavy atom. The van der Waals surface area contributed by atoms with E-state index in [4.69, 9.17) is 0 Å². The highest BCUT2D eigenvalue weighted by Gasteiger charge is 2.64. The van der Waals surface area contributed by atoms with E-state index < -0.39 is 6.04 Å². The van der Waals surface area contributed by atoms with Crippen molar-refractivity contribution in [2.45, 2.75) is 39.8 Å². The molecule has 2 fully saturated rings. The Kier molecular flexibility index (Phi) is 4.80. The van der Waals surface area contributed by atoms with Crippen LogP contribution in [0.1, 0.15) is 36.6 Å². The van der Waals surface area contributed by atoms with E-state index >= 15 is 0 Å². The van der Waals surface area contributed by atoms with E-state index in [1.54, 1.807) is 44.5 Å². The van der Waals surface area contributed by atoms with Crippen LogP contribution in [0.25, 0.3) is 22.2 Å². The Hall–Kier alpha value is -3.63. The number of fused-ring (bicyclic) bond motifs is 2. The third-order valence-electron chi connectivity index (χ3n) is 6.84. The number of amides is 2. The number of carbonyl (C=O) groups excluding carboxylic acids is 3. The fourth-order valence-corrected chi connectivity index (χ4v) is 4.89. The van der Waals surface area contributed by atoms with Gasteiger partial charge < -0.3 is 10.1 Å². The van der Waals surface area contributed by atoms with Gasteiger partial charge in [-0.1, -0.05) is 6.92 Å². The van der Waals surface area contributed by atoms with Gasteiger partial charge in [0.1, 0.15) is 24.1 Å². The van der Waals surface area contributed by atoms with E-state index in [-0.39, 0.29) is 41.2 Å². The molecule has 1 saturated carbocycles. The second-order valence-electron chi connectivity index (χ2n) is 9.21. The van der Waals surface area contributed by atoms with Crippen molar-refractivity contribution in [3.05, 3.63) is 36.2 Å². The van der Waals surface area contributed by atoms with Crippen molar-refractivity contribution >= 4 is 36.5 Å². The first-order valence-corrected chi connectivity index (χ1v) is 10.9. The van der Waals surface area contributed by atoms with Gasteiger partial charge in [-0.15, -0.1) is 0 Å². The van der Waals surface area contributed by atoms with Crippen LogP contribution in [0.2, 0.25) is 0 Å². The van der Waals surface area contributed by atoms with E-state index in [1.165, 1.54) is 11.6 Å². The molecule has 168 valence electrons. The zero-order valence-corrected chi connectivity index (χ0v) is 19.0. The monoisotopic (exact) mass is 445 g/mol. The summed E-state index contributed by atoms with van der Waals surface area (Å²) in [5, 5.41) is 7.73. The predicted octanol–water partition coefficient (Wildman–Crippen LogP) is 0.301. The smallest absolute Gasteiger partial charge is 0.245 e. The lowest BCUT2D eigenvalue weighted by Gasteiger charge is -2.27. The Balaban J connectivity index is 1.48. The molecular weight excluding hydrogens is 421 g/mol. The topological polar surface area (TPSA) is 123 Å². The summed E-state index contributed by atoms with van der Waals surface area (Å²) in [5.41, 5.74) is 2.18. The van der Waals surface area contributed by atoms with Gasteiger partial charge in [0.05, 0.1) is 17.4 Å². The molecule has 2 aliphatic rings. The summed E-state index contributed by atoms with van der Waals surface area (Å²) in [7, 11) is 1.59. The highest BCUT2D eigenvalue weighted by atomic mass is 16.2. The van der Waals surface area contributed by atoms with E-state index in [2.05, 4.69) is 32.2 Å². The number of piperidine rings is 1. The maximum absolute atomic E-state index is 13.3. The molecule has 33 heavy (non-hydrogen) atoms. The Bertz CT molecular complexity index is 1310. The molecule has 1 aliphatic carbocycles. The highest BCUT2D eigenvalue weighted by molar-refractivity contribution is 6.15. The summed E-state index contributed by atoms with van der Waals surface area (Å²) in [6.07, 6.45) is 5.91. The molecule has 1 aliphatic heterocycles. The predicted molar refractivity (Wildman–Crippen MR) is 122 cm³/mol. The van der Waals surface area contributed by atoms with Crippen molar-refractivity contribution in [2.24, 2.45) is 11.3 Å². The quantitative estimate of drug-likeness (QED) is 0.443. The number of likely N-dealkylation sites (tertiary alicyclic amines) is 1. The molecule has 3 aromatic heterocycles. The maximum atomic E-state index is 13.3. The van der Waals surface area contributed by atoms with Gasteiger partial charge in [0.2, 0.25) is 19.8 Å². The van der Waals surface area contributed by atoms with Crippen molar-refractivity contribution in [1.29, 1.82) is 0 Å². The number of aromatic nitrogens is 5. The molecule has 3 atom stereocenters. The number of rotatable bonds is 5. The standard InChI is InChI=1S/C22H24BN7O3/c1-11(31)19-14-4-16(13-6-24-12(2)25-7-13)26-8-17(14)30(28-19)9-18(32)29-10-22(3)5-15(22)20(29)21(33)27-23/h4,6-8,15,20H,5,9-10,23H2,1-3H3,(H,27,33). The molecular formula is C22H24BN7O3. The molecule has 4 heterocycles. The van der Waals surface area contributed by atoms with Crippen LogP contribution in [0.4, 0.5) is 0 Å². The number of Topliss-reactive ketones (excluding diaryl/α,β-unsaturated/α-hetero) is 1. The summed E-state index contributed by atoms with van der Waals surface area (Å²) in [5.74, 6) is 0.286.